The van der Waals surface area contributed by atoms with Crippen molar-refractivity contribution in [3.05, 3.63) is 136 Å². The van der Waals surface area contributed by atoms with Gasteiger partial charge < -0.3 is 0 Å². The summed E-state index contributed by atoms with van der Waals surface area (Å²) in [5, 5.41) is 16.9. The Balaban J connectivity index is 1.13. The van der Waals surface area contributed by atoms with Crippen molar-refractivity contribution >= 4 is 153 Å². The lowest BCUT2D eigenvalue weighted by Gasteiger charge is -2.41. The van der Waals surface area contributed by atoms with E-state index >= 15 is 38.4 Å². The minimum atomic E-state index is -0.800. The first kappa shape index (κ1) is 71.6. The molecule has 2 aromatic heterocycles. The van der Waals surface area contributed by atoms with Gasteiger partial charge in [-0.25, -0.2) is 0 Å². The highest BCUT2D eigenvalue weighted by atomic mass is 16.2. The second kappa shape index (κ2) is 29.2. The number of amides is 4. The Morgan fingerprint density at radius 1 is 0.274 bits per heavy atom. The van der Waals surface area contributed by atoms with Crippen molar-refractivity contribution in [2.45, 2.75) is 297 Å². The topological polar surface area (TPSA) is 153 Å². The Labute approximate surface area is 620 Å². The highest BCUT2D eigenvalue weighted by molar-refractivity contribution is 6.53. The highest BCUT2D eigenvalue weighted by Gasteiger charge is 2.47. The number of benzene rings is 11. The minimum Gasteiger partial charge on any atom is -0.275 e. The minimum absolute atomic E-state index is 0.191. The van der Waals surface area contributed by atoms with E-state index in [0.29, 0.717) is 111 Å². The number of pyridine rings is 2. The molecule has 4 amide bonds. The molecular weight excluding hydrogens is 1310 g/mol. The number of rotatable bonds is 36. The van der Waals surface area contributed by atoms with Gasteiger partial charge in [-0.1, -0.05) is 234 Å². The van der Waals surface area contributed by atoms with Crippen molar-refractivity contribution in [3.8, 4) is 0 Å². The van der Waals surface area contributed by atoms with Crippen LogP contribution in [-0.2, 0) is 11.2 Å². The third-order valence-electron chi connectivity index (χ3n) is 26.1. The molecule has 106 heavy (non-hydrogen) atoms. The molecule has 13 aromatic rings. The van der Waals surface area contributed by atoms with E-state index in [0.717, 1.165) is 251 Å². The van der Waals surface area contributed by atoms with Gasteiger partial charge in [0.15, 0.2) is 0 Å². The predicted octanol–water partition coefficient (Wildman–Crippen LogP) is 23.4. The summed E-state index contributed by atoms with van der Waals surface area (Å²) >= 11 is 0. The van der Waals surface area contributed by atoms with Crippen LogP contribution in [0.4, 0.5) is 0 Å². The fourth-order valence-corrected chi connectivity index (χ4v) is 21.0. The summed E-state index contributed by atoms with van der Waals surface area (Å²) in [4.78, 5) is 133. The van der Waals surface area contributed by atoms with Crippen LogP contribution in [0.3, 0.4) is 0 Å². The van der Waals surface area contributed by atoms with Crippen LogP contribution in [-0.4, -0.2) is 54.6 Å². The summed E-state index contributed by atoms with van der Waals surface area (Å²) in [5.41, 5.74) is 1.72. The molecule has 1 atom stereocenters. The number of carbonyl (C=O) groups excluding carboxylic acids is 4. The number of nitrogens with zero attached hydrogens (tertiary/aromatic N) is 4. The molecule has 4 heterocycles. The van der Waals surface area contributed by atoms with E-state index in [4.69, 9.17) is 0 Å². The van der Waals surface area contributed by atoms with E-state index in [9.17, 15) is 0 Å². The molecule has 0 spiro atoms. The number of unbranched alkanes of at least 4 members (excludes halogenated alkanes) is 16. The maximum absolute atomic E-state index is 16.6. The smallest absolute Gasteiger partial charge is 0.261 e. The van der Waals surface area contributed by atoms with Gasteiger partial charge in [0.25, 0.3) is 40.0 Å². The lowest BCUT2D eigenvalue weighted by molar-refractivity contribution is -0.133. The fraction of sp³-hybridized carbons (Fsp3) is 0.489. The summed E-state index contributed by atoms with van der Waals surface area (Å²) in [7, 11) is 0. The predicted molar refractivity (Wildman–Crippen MR) is 440 cm³/mol. The molecule has 3 aliphatic rings. The third-order valence-corrected chi connectivity index (χ3v) is 26.1. The van der Waals surface area contributed by atoms with Gasteiger partial charge in [0.1, 0.15) is 0 Å². The molecule has 0 saturated carbocycles. The molecule has 12 nitrogen and oxygen atoms in total. The SMILES string of the molecule is CCCCCC(CCCCC)N1C(=O)c2ccc3c4ccc5c6c4c4c(c7c8cc9c(=O)n(C(CCCCC)CCCCC)c(=O)c%10ccc%11c%12ccc%13c(=O)n(C(CCCCC)CCCCC)c(=O)c%14cc(c7c7cc(c2c3c74)C1=O)c(c%12c%13%14)c8c%11c%109)CC6C(=O)N(C(CCCCC)CCCCC)C5=O. The van der Waals surface area contributed by atoms with Crippen molar-refractivity contribution in [2.24, 2.45) is 0 Å². The maximum atomic E-state index is 16.6. The van der Waals surface area contributed by atoms with Crippen LogP contribution in [0.5, 0.6) is 0 Å². The van der Waals surface area contributed by atoms with E-state index in [1.807, 2.05) is 36.4 Å². The molecule has 12 heteroatoms. The zero-order valence-corrected chi connectivity index (χ0v) is 64.1. The second-order valence-electron chi connectivity index (χ2n) is 32.6. The zero-order valence-electron chi connectivity index (χ0n) is 64.1. The van der Waals surface area contributed by atoms with Gasteiger partial charge in [-0.05, 0) is 203 Å². The molecule has 0 fully saturated rings. The van der Waals surface area contributed by atoms with E-state index in [2.05, 4.69) is 85.7 Å². The normalized spacial score (nSPS) is 15.1. The van der Waals surface area contributed by atoms with Gasteiger partial charge in [-0.15, -0.1) is 0 Å². The van der Waals surface area contributed by atoms with Crippen LogP contribution in [0.15, 0.2) is 85.9 Å². The van der Waals surface area contributed by atoms with Crippen LogP contribution in [0.25, 0.3) is 129 Å². The molecule has 1 unspecified atom stereocenters. The van der Waals surface area contributed by atoms with Crippen LogP contribution >= 0.6 is 0 Å². The summed E-state index contributed by atoms with van der Waals surface area (Å²) in [6.07, 6.45) is 28.5. The third kappa shape index (κ3) is 10.9. The fourth-order valence-electron chi connectivity index (χ4n) is 21.0. The zero-order chi connectivity index (χ0) is 73.7. The Morgan fingerprint density at radius 3 is 1.03 bits per heavy atom. The summed E-state index contributed by atoms with van der Waals surface area (Å²) in [5.74, 6) is -1.91. The molecule has 1 aliphatic carbocycles. The van der Waals surface area contributed by atoms with Crippen molar-refractivity contribution in [2.75, 3.05) is 0 Å². The Kier molecular flexibility index (Phi) is 19.7. The molecule has 0 N–H and O–H groups in total. The van der Waals surface area contributed by atoms with E-state index in [1.165, 1.54) is 0 Å². The van der Waals surface area contributed by atoms with Crippen LogP contribution < -0.4 is 22.2 Å². The number of hydrogen-bond acceptors (Lipinski definition) is 8. The van der Waals surface area contributed by atoms with E-state index < -0.39 is 5.92 Å². The first-order chi connectivity index (χ1) is 51.7. The molecular formula is C94H106N4O8. The number of aromatic nitrogens is 2. The first-order valence-corrected chi connectivity index (χ1v) is 41.8. The van der Waals surface area contributed by atoms with Crippen LogP contribution in [0, 0.1) is 0 Å². The lowest BCUT2D eigenvalue weighted by atomic mass is 9.69. The maximum Gasteiger partial charge on any atom is 0.261 e. The average molecular weight is 1420 g/mol. The quantitative estimate of drug-likeness (QED) is 0.0163. The largest absolute Gasteiger partial charge is 0.275 e. The highest BCUT2D eigenvalue weighted by Crippen LogP contribution is 2.59. The van der Waals surface area contributed by atoms with Crippen molar-refractivity contribution in [1.82, 2.24) is 18.9 Å². The van der Waals surface area contributed by atoms with Gasteiger partial charge >= 0.3 is 0 Å². The molecule has 0 radical (unpaired) electrons. The molecule has 550 valence electrons. The number of carbonyl (C=O) groups is 4. The van der Waals surface area contributed by atoms with Crippen molar-refractivity contribution in [3.63, 3.8) is 0 Å². The van der Waals surface area contributed by atoms with Gasteiger partial charge in [0, 0.05) is 78.6 Å². The van der Waals surface area contributed by atoms with Gasteiger partial charge in [-0.2, -0.15) is 0 Å². The summed E-state index contributed by atoms with van der Waals surface area (Å²) in [6.45, 7) is 17.4. The Hall–Kier alpha value is -8.64. The molecule has 0 saturated heterocycles. The van der Waals surface area contributed by atoms with Crippen molar-refractivity contribution < 1.29 is 19.2 Å². The molecule has 11 aromatic carbocycles. The molecule has 2 aliphatic heterocycles. The van der Waals surface area contributed by atoms with Gasteiger partial charge in [0.05, 0.1) is 5.92 Å². The average Bonchev–Trinajstić information content (AvgIpc) is 0.652. The first-order valence-electron chi connectivity index (χ1n) is 41.8. The number of imide groups is 2. The Bertz CT molecular complexity index is 5860. The lowest BCUT2D eigenvalue weighted by Crippen LogP contribution is -2.51. The second-order valence-corrected chi connectivity index (χ2v) is 32.6. The standard InChI is InChI=1S/C94H106N4O8/c1-9-17-25-33-53(34-26-18-10-2)95-87(99)61-45-41-57-58-42-46-62-74-71(93(105)97(88(62)100)55(37-29-21-13-5)38-30-22-14-6)51-67-78-68-52-72-76-64(90(102)98(94(72)106)56(39-31-23-15-7)40-32-24-16-8)48-44-60-59-43-47-63-75-70(92(104)96(89(63)101)54(35-27-19-11-3)36-28-20-12-4)50-66(85(81(59)75)86(68)82(60)76)77(78)65-49-69(91(95)103)73(61)79(57)83(65)84(67)80(58)74/h41-51,53-56,72H,9-40,52H2,1-8H3. The van der Waals surface area contributed by atoms with Crippen molar-refractivity contribution in [1.29, 1.82) is 0 Å². The monoisotopic (exact) mass is 1420 g/mol. The van der Waals surface area contributed by atoms with E-state index in [1.54, 1.807) is 18.9 Å². The molecule has 16 rings (SSSR count). The van der Waals surface area contributed by atoms with E-state index in [-0.39, 0.29) is 76.5 Å². The summed E-state index contributed by atoms with van der Waals surface area (Å²) in [6, 6.07) is 20.8. The van der Waals surface area contributed by atoms with Crippen LogP contribution in [0.1, 0.15) is 321 Å². The van der Waals surface area contributed by atoms with Gasteiger partial charge in [-0.3, -0.25) is 57.3 Å². The molecule has 0 bridgehead atoms. The van der Waals surface area contributed by atoms with Crippen LogP contribution in [0.2, 0.25) is 0 Å². The van der Waals surface area contributed by atoms with Gasteiger partial charge in [0.2, 0.25) is 5.91 Å². The summed E-state index contributed by atoms with van der Waals surface area (Å²) < 4.78 is 3.20. The Morgan fingerprint density at radius 2 is 0.585 bits per heavy atom. The number of fused-ring (bicyclic) bond motifs is 7. The number of hydrogen-bond donors (Lipinski definition) is 0.